The summed E-state index contributed by atoms with van der Waals surface area (Å²) in [7, 11) is -2.20. The smallest absolute Gasteiger partial charge is 0.242 e. The summed E-state index contributed by atoms with van der Waals surface area (Å²) in [5, 5.41) is 3.36. The van der Waals surface area contributed by atoms with Gasteiger partial charge < -0.3 is 15.0 Å². The fourth-order valence-corrected chi connectivity index (χ4v) is 2.99. The second-order valence-corrected chi connectivity index (χ2v) is 9.93. The third-order valence-corrected chi connectivity index (χ3v) is 5.94. The molecule has 0 saturated carbocycles. The van der Waals surface area contributed by atoms with Gasteiger partial charge >= 0.3 is 0 Å². The molecule has 0 saturated heterocycles. The van der Waals surface area contributed by atoms with Gasteiger partial charge in [0.25, 0.3) is 0 Å². The van der Waals surface area contributed by atoms with Crippen LogP contribution in [0.2, 0.25) is 5.02 Å². The van der Waals surface area contributed by atoms with Crippen molar-refractivity contribution in [2.24, 2.45) is 0 Å². The summed E-state index contributed by atoms with van der Waals surface area (Å²) in [5.41, 5.74) is 0.778. The number of likely N-dealkylation sites (N-methyl/N-ethyl adjacent to an activating group) is 1. The molecule has 10 heteroatoms. The van der Waals surface area contributed by atoms with Gasteiger partial charge in [0.05, 0.1) is 18.9 Å². The molecule has 1 aromatic carbocycles. The highest BCUT2D eigenvalue weighted by molar-refractivity contribution is 7.88. The molecule has 0 heterocycles. The number of sulfonamides is 1. The number of rotatable bonds is 12. The fourth-order valence-electron chi connectivity index (χ4n) is 2.52. The van der Waals surface area contributed by atoms with Crippen LogP contribution >= 0.6 is 11.6 Å². The van der Waals surface area contributed by atoms with E-state index in [1.54, 1.807) is 31.2 Å². The Hall–Kier alpha value is -1.68. The zero-order valence-electron chi connectivity index (χ0n) is 18.2. The number of hydrogen-bond donors (Lipinski definition) is 1. The van der Waals surface area contributed by atoms with E-state index in [-0.39, 0.29) is 25.1 Å². The van der Waals surface area contributed by atoms with Gasteiger partial charge in [0.2, 0.25) is 21.8 Å². The van der Waals surface area contributed by atoms with Crippen LogP contribution in [0.4, 0.5) is 0 Å². The number of carbonyl (C=O) groups excluding carboxylic acids is 2. The maximum atomic E-state index is 12.9. The highest BCUT2D eigenvalue weighted by Crippen LogP contribution is 2.14. The van der Waals surface area contributed by atoms with Crippen LogP contribution in [0, 0.1) is 0 Å². The first-order valence-corrected chi connectivity index (χ1v) is 12.0. The predicted molar refractivity (Wildman–Crippen MR) is 118 cm³/mol. The van der Waals surface area contributed by atoms with Crippen LogP contribution in [-0.4, -0.2) is 74.6 Å². The highest BCUT2D eigenvalue weighted by atomic mass is 35.5. The van der Waals surface area contributed by atoms with Crippen molar-refractivity contribution < 1.29 is 22.7 Å². The first-order valence-electron chi connectivity index (χ1n) is 9.76. The lowest BCUT2D eigenvalue weighted by atomic mass is 10.1. The molecule has 0 aliphatic heterocycles. The van der Waals surface area contributed by atoms with Crippen molar-refractivity contribution >= 4 is 33.4 Å². The van der Waals surface area contributed by atoms with E-state index in [4.69, 9.17) is 16.3 Å². The van der Waals surface area contributed by atoms with E-state index in [0.717, 1.165) is 16.1 Å². The molecule has 0 aliphatic rings. The van der Waals surface area contributed by atoms with E-state index in [9.17, 15) is 18.0 Å². The number of halogens is 1. The monoisotopic (exact) mass is 461 g/mol. The lowest BCUT2D eigenvalue weighted by Gasteiger charge is -2.30. The minimum atomic E-state index is -3.53. The van der Waals surface area contributed by atoms with Gasteiger partial charge in [-0.05, 0) is 44.9 Å². The van der Waals surface area contributed by atoms with Gasteiger partial charge in [-0.25, -0.2) is 8.42 Å². The first-order chi connectivity index (χ1) is 13.9. The predicted octanol–water partition coefficient (Wildman–Crippen LogP) is 1.88. The molecule has 1 unspecified atom stereocenters. The molecule has 1 rings (SSSR count). The molecule has 2 amide bonds. The van der Waals surface area contributed by atoms with E-state index >= 15 is 0 Å². The molecule has 0 radical (unpaired) electrons. The highest BCUT2D eigenvalue weighted by Gasteiger charge is 2.28. The Bertz CT molecular complexity index is 799. The first kappa shape index (κ1) is 26.4. The summed E-state index contributed by atoms with van der Waals surface area (Å²) >= 11 is 5.92. The molecule has 1 aromatic rings. The van der Waals surface area contributed by atoms with Gasteiger partial charge in [-0.3, -0.25) is 9.59 Å². The third-order valence-electron chi connectivity index (χ3n) is 4.43. The minimum Gasteiger partial charge on any atom is -0.379 e. The quantitative estimate of drug-likeness (QED) is 0.479. The normalized spacial score (nSPS) is 12.8. The number of carbonyl (C=O) groups is 2. The van der Waals surface area contributed by atoms with E-state index in [2.05, 4.69) is 5.32 Å². The number of hydrogen-bond acceptors (Lipinski definition) is 5. The van der Waals surface area contributed by atoms with Crippen molar-refractivity contribution in [2.45, 2.75) is 45.9 Å². The van der Waals surface area contributed by atoms with Gasteiger partial charge in [-0.15, -0.1) is 0 Å². The number of nitrogens with one attached hydrogen (secondary N) is 1. The van der Waals surface area contributed by atoms with Gasteiger partial charge in [0.15, 0.2) is 0 Å². The maximum absolute atomic E-state index is 12.9. The summed E-state index contributed by atoms with van der Waals surface area (Å²) < 4.78 is 29.8. The Kier molecular flexibility index (Phi) is 10.8. The van der Waals surface area contributed by atoms with Crippen molar-refractivity contribution in [3.05, 3.63) is 34.9 Å². The third kappa shape index (κ3) is 9.42. The SMILES string of the molecule is CC(C)OCCCNC(=O)C(C)N(Cc1ccc(Cl)cc1)C(=O)CN(C)S(C)(=O)=O. The van der Waals surface area contributed by atoms with Gasteiger partial charge in [-0.1, -0.05) is 23.7 Å². The van der Waals surface area contributed by atoms with Crippen LogP contribution in [0.25, 0.3) is 0 Å². The van der Waals surface area contributed by atoms with Crippen molar-refractivity contribution in [1.29, 1.82) is 0 Å². The molecule has 0 aliphatic carbocycles. The molecule has 30 heavy (non-hydrogen) atoms. The van der Waals surface area contributed by atoms with E-state index in [0.29, 0.717) is 24.6 Å². The standard InChI is InChI=1S/C20H32ClN3O5S/c1-15(2)29-12-6-11-22-20(26)16(3)24(13-17-7-9-18(21)10-8-17)19(25)14-23(4)30(5,27)28/h7-10,15-16H,6,11-14H2,1-5H3,(H,22,26). The molecule has 1 atom stereocenters. The van der Waals surface area contributed by atoms with E-state index < -0.39 is 22.0 Å². The Labute approximate surface area is 184 Å². The summed E-state index contributed by atoms with van der Waals surface area (Å²) in [4.78, 5) is 26.8. The minimum absolute atomic E-state index is 0.124. The molecule has 8 nitrogen and oxygen atoms in total. The van der Waals surface area contributed by atoms with Crippen LogP contribution in [0.1, 0.15) is 32.8 Å². The van der Waals surface area contributed by atoms with Crippen molar-refractivity contribution in [3.63, 3.8) is 0 Å². The second kappa shape index (κ2) is 12.2. The number of benzene rings is 1. The van der Waals surface area contributed by atoms with Crippen molar-refractivity contribution in [3.8, 4) is 0 Å². The van der Waals surface area contributed by atoms with Crippen LogP contribution in [-0.2, 0) is 30.9 Å². The Morgan fingerprint density at radius 3 is 2.30 bits per heavy atom. The largest absolute Gasteiger partial charge is 0.379 e. The molecule has 0 spiro atoms. The van der Waals surface area contributed by atoms with Crippen LogP contribution in [0.15, 0.2) is 24.3 Å². The molecule has 170 valence electrons. The summed E-state index contributed by atoms with van der Waals surface area (Å²) in [6, 6.07) is 6.13. The summed E-state index contributed by atoms with van der Waals surface area (Å²) in [6.07, 6.45) is 1.80. The Morgan fingerprint density at radius 1 is 1.17 bits per heavy atom. The lowest BCUT2D eigenvalue weighted by Crippen LogP contribution is -2.50. The van der Waals surface area contributed by atoms with Crippen LogP contribution < -0.4 is 5.32 Å². The van der Waals surface area contributed by atoms with Gasteiger partial charge in [-0.2, -0.15) is 4.31 Å². The molecule has 1 N–H and O–H groups in total. The zero-order chi connectivity index (χ0) is 22.9. The lowest BCUT2D eigenvalue weighted by molar-refractivity contribution is -0.140. The molecular formula is C20H32ClN3O5S. The average molecular weight is 462 g/mol. The van der Waals surface area contributed by atoms with E-state index in [1.807, 2.05) is 13.8 Å². The molecule has 0 bridgehead atoms. The van der Waals surface area contributed by atoms with Crippen molar-refractivity contribution in [2.75, 3.05) is 33.0 Å². The second-order valence-electron chi connectivity index (χ2n) is 7.41. The Morgan fingerprint density at radius 2 is 1.77 bits per heavy atom. The molecule has 0 aromatic heterocycles. The maximum Gasteiger partial charge on any atom is 0.242 e. The fraction of sp³-hybridized carbons (Fsp3) is 0.600. The van der Waals surface area contributed by atoms with Crippen molar-refractivity contribution in [1.82, 2.24) is 14.5 Å². The molecular weight excluding hydrogens is 430 g/mol. The molecule has 0 fully saturated rings. The van der Waals surface area contributed by atoms with Gasteiger partial charge in [0, 0.05) is 31.8 Å². The van der Waals surface area contributed by atoms with E-state index in [1.165, 1.54) is 11.9 Å². The van der Waals surface area contributed by atoms with Crippen LogP contribution in [0.5, 0.6) is 0 Å². The summed E-state index contributed by atoms with van der Waals surface area (Å²) in [5.74, 6) is -0.785. The number of ether oxygens (including phenoxy) is 1. The number of nitrogens with zero attached hydrogens (tertiary/aromatic N) is 2. The average Bonchev–Trinajstić information content (AvgIpc) is 2.65. The summed E-state index contributed by atoms with van der Waals surface area (Å²) in [6.45, 7) is 6.24. The zero-order valence-corrected chi connectivity index (χ0v) is 19.8. The number of amides is 2. The van der Waals surface area contributed by atoms with Gasteiger partial charge in [0.1, 0.15) is 6.04 Å². The Balaban J connectivity index is 2.85. The topological polar surface area (TPSA) is 96.0 Å². The van der Waals surface area contributed by atoms with Crippen LogP contribution in [0.3, 0.4) is 0 Å².